The topological polar surface area (TPSA) is 46.5 Å². The molecule has 0 saturated carbocycles. The number of aryl methyl sites for hydroxylation is 1. The van der Waals surface area contributed by atoms with E-state index in [0.717, 1.165) is 12.2 Å². The molecule has 2 amide bonds. The van der Waals surface area contributed by atoms with E-state index in [1.54, 1.807) is 36.3 Å². The lowest BCUT2D eigenvalue weighted by Crippen LogP contribution is -2.37. The zero-order chi connectivity index (χ0) is 20.6. The second-order valence-corrected chi connectivity index (χ2v) is 7.40. The van der Waals surface area contributed by atoms with Gasteiger partial charge in [-0.15, -0.1) is 0 Å². The number of aromatic nitrogens is 1. The summed E-state index contributed by atoms with van der Waals surface area (Å²) in [5, 5.41) is 3.56. The first kappa shape index (κ1) is 21.0. The summed E-state index contributed by atoms with van der Waals surface area (Å²) in [6, 6.07) is 19.5. The Kier molecular flexibility index (Phi) is 7.33. The number of nitrogens with one attached hydrogen (secondary N) is 1. The fourth-order valence-corrected chi connectivity index (χ4v) is 3.15. The van der Waals surface area contributed by atoms with Gasteiger partial charge in [0.05, 0.1) is 13.2 Å². The molecule has 152 valence electrons. The molecule has 0 aliphatic heterocycles. The molecule has 0 atom stereocenters. The molecule has 0 aliphatic carbocycles. The Bertz CT molecular complexity index is 920. The molecule has 1 aromatic heterocycles. The van der Waals surface area contributed by atoms with Gasteiger partial charge in [0.1, 0.15) is 0 Å². The Morgan fingerprint density at radius 3 is 2.52 bits per heavy atom. The van der Waals surface area contributed by atoms with Gasteiger partial charge in [0.15, 0.2) is 0 Å². The standard InChI is InChI=1S/C23H26ClN3O2/c1-18-5-7-19(8-6-18)16-26-13-3-4-22(26)17-27(14-15-29-2)23(28)25-21-11-9-20(24)10-12-21/h3-13H,14-17H2,1-2H3,(H,25,28). The van der Waals surface area contributed by atoms with Gasteiger partial charge in [-0.05, 0) is 48.9 Å². The number of nitrogens with zero attached hydrogens (tertiary/aromatic N) is 2. The molecular weight excluding hydrogens is 386 g/mol. The maximum Gasteiger partial charge on any atom is 0.322 e. The van der Waals surface area contributed by atoms with Crippen molar-refractivity contribution in [1.29, 1.82) is 0 Å². The summed E-state index contributed by atoms with van der Waals surface area (Å²) in [6.07, 6.45) is 2.04. The predicted octanol–water partition coefficient (Wildman–Crippen LogP) is 5.18. The average molecular weight is 412 g/mol. The van der Waals surface area contributed by atoms with Gasteiger partial charge in [0, 0.05) is 42.8 Å². The van der Waals surface area contributed by atoms with Gasteiger partial charge in [-0.2, -0.15) is 0 Å². The summed E-state index contributed by atoms with van der Waals surface area (Å²) in [5.74, 6) is 0. The average Bonchev–Trinajstić information content (AvgIpc) is 3.15. The zero-order valence-electron chi connectivity index (χ0n) is 16.8. The lowest BCUT2D eigenvalue weighted by molar-refractivity contribution is 0.152. The van der Waals surface area contributed by atoms with Crippen LogP contribution in [0.5, 0.6) is 0 Å². The number of carbonyl (C=O) groups excluding carboxylic acids is 1. The number of methoxy groups -OCH3 is 1. The highest BCUT2D eigenvalue weighted by atomic mass is 35.5. The Morgan fingerprint density at radius 2 is 1.83 bits per heavy atom. The minimum Gasteiger partial charge on any atom is -0.383 e. The zero-order valence-corrected chi connectivity index (χ0v) is 17.5. The number of carbonyl (C=O) groups is 1. The first-order valence-electron chi connectivity index (χ1n) is 9.55. The van der Waals surface area contributed by atoms with Crippen molar-refractivity contribution < 1.29 is 9.53 Å². The van der Waals surface area contributed by atoms with Gasteiger partial charge in [-0.1, -0.05) is 41.4 Å². The van der Waals surface area contributed by atoms with Gasteiger partial charge < -0.3 is 19.5 Å². The van der Waals surface area contributed by atoms with Crippen LogP contribution in [0.1, 0.15) is 16.8 Å². The maximum atomic E-state index is 12.9. The number of amides is 2. The van der Waals surface area contributed by atoms with Gasteiger partial charge in [-0.25, -0.2) is 4.79 Å². The highest BCUT2D eigenvalue weighted by Crippen LogP contribution is 2.16. The fourth-order valence-electron chi connectivity index (χ4n) is 3.02. The van der Waals surface area contributed by atoms with Crippen LogP contribution in [-0.4, -0.2) is 35.8 Å². The Labute approximate surface area is 176 Å². The molecule has 0 spiro atoms. The number of anilines is 1. The van der Waals surface area contributed by atoms with Gasteiger partial charge >= 0.3 is 6.03 Å². The smallest absolute Gasteiger partial charge is 0.322 e. The number of halogens is 1. The van der Waals surface area contributed by atoms with Gasteiger partial charge in [0.2, 0.25) is 0 Å². The van der Waals surface area contributed by atoms with E-state index in [1.807, 2.05) is 18.3 Å². The molecule has 5 nitrogen and oxygen atoms in total. The van der Waals surface area contributed by atoms with E-state index in [4.69, 9.17) is 16.3 Å². The minimum absolute atomic E-state index is 0.174. The van der Waals surface area contributed by atoms with Crippen LogP contribution in [0.3, 0.4) is 0 Å². The molecule has 0 saturated heterocycles. The van der Waals surface area contributed by atoms with E-state index in [2.05, 4.69) is 41.1 Å². The summed E-state index contributed by atoms with van der Waals surface area (Å²) < 4.78 is 7.37. The SMILES string of the molecule is COCCN(Cc1cccn1Cc1ccc(C)cc1)C(=O)Nc1ccc(Cl)cc1. The van der Waals surface area contributed by atoms with E-state index < -0.39 is 0 Å². The monoisotopic (exact) mass is 411 g/mol. The van der Waals surface area contributed by atoms with Crippen molar-refractivity contribution >= 4 is 23.3 Å². The normalized spacial score (nSPS) is 10.7. The molecule has 0 bridgehead atoms. The minimum atomic E-state index is -0.174. The number of ether oxygens (including phenoxy) is 1. The van der Waals surface area contributed by atoms with E-state index in [0.29, 0.717) is 30.4 Å². The van der Waals surface area contributed by atoms with Crippen LogP contribution in [0.2, 0.25) is 5.02 Å². The van der Waals surface area contributed by atoms with E-state index in [-0.39, 0.29) is 6.03 Å². The Balaban J connectivity index is 1.71. The van der Waals surface area contributed by atoms with E-state index in [9.17, 15) is 4.79 Å². The number of rotatable bonds is 8. The number of urea groups is 1. The summed E-state index contributed by atoms with van der Waals surface area (Å²) in [5.41, 5.74) is 4.23. The van der Waals surface area contributed by atoms with Crippen LogP contribution < -0.4 is 5.32 Å². The van der Waals surface area contributed by atoms with E-state index in [1.165, 1.54) is 11.1 Å². The molecule has 1 heterocycles. The third-order valence-corrected chi connectivity index (χ3v) is 4.95. The molecule has 3 rings (SSSR count). The molecule has 0 unspecified atom stereocenters. The largest absolute Gasteiger partial charge is 0.383 e. The van der Waals surface area contributed by atoms with Crippen LogP contribution in [0.4, 0.5) is 10.5 Å². The summed E-state index contributed by atoms with van der Waals surface area (Å²) in [6.45, 7) is 4.29. The molecule has 29 heavy (non-hydrogen) atoms. The molecule has 1 N–H and O–H groups in total. The van der Waals surface area contributed by atoms with Crippen LogP contribution in [-0.2, 0) is 17.8 Å². The van der Waals surface area contributed by atoms with Crippen molar-refractivity contribution in [3.8, 4) is 0 Å². The second kappa shape index (κ2) is 10.1. The first-order chi connectivity index (χ1) is 14.0. The maximum absolute atomic E-state index is 12.9. The first-order valence-corrected chi connectivity index (χ1v) is 9.93. The predicted molar refractivity (Wildman–Crippen MR) is 117 cm³/mol. The molecular formula is C23H26ClN3O2. The summed E-state index contributed by atoms with van der Waals surface area (Å²) in [4.78, 5) is 14.6. The van der Waals surface area contributed by atoms with Crippen LogP contribution in [0.15, 0.2) is 66.9 Å². The second-order valence-electron chi connectivity index (χ2n) is 6.96. The number of benzene rings is 2. The van der Waals surface area contributed by atoms with Crippen molar-refractivity contribution in [3.63, 3.8) is 0 Å². The molecule has 6 heteroatoms. The van der Waals surface area contributed by atoms with Gasteiger partial charge in [-0.3, -0.25) is 0 Å². The van der Waals surface area contributed by atoms with Crippen molar-refractivity contribution in [2.75, 3.05) is 25.6 Å². The number of hydrogen-bond acceptors (Lipinski definition) is 2. The van der Waals surface area contributed by atoms with Crippen LogP contribution in [0, 0.1) is 6.92 Å². The van der Waals surface area contributed by atoms with Crippen molar-refractivity contribution in [3.05, 3.63) is 88.7 Å². The lowest BCUT2D eigenvalue weighted by Gasteiger charge is -2.24. The van der Waals surface area contributed by atoms with Gasteiger partial charge in [0.25, 0.3) is 0 Å². The highest BCUT2D eigenvalue weighted by Gasteiger charge is 2.16. The summed E-state index contributed by atoms with van der Waals surface area (Å²) in [7, 11) is 1.63. The molecule has 0 fully saturated rings. The summed E-state index contributed by atoms with van der Waals surface area (Å²) >= 11 is 5.92. The van der Waals surface area contributed by atoms with Crippen molar-refractivity contribution in [2.24, 2.45) is 0 Å². The molecule has 2 aromatic carbocycles. The molecule has 0 aliphatic rings. The highest BCUT2D eigenvalue weighted by molar-refractivity contribution is 6.30. The van der Waals surface area contributed by atoms with Crippen molar-refractivity contribution in [2.45, 2.75) is 20.0 Å². The molecule has 0 radical (unpaired) electrons. The lowest BCUT2D eigenvalue weighted by atomic mass is 10.1. The van der Waals surface area contributed by atoms with E-state index >= 15 is 0 Å². The van der Waals surface area contributed by atoms with Crippen LogP contribution in [0.25, 0.3) is 0 Å². The fraction of sp³-hybridized carbons (Fsp3) is 0.261. The third-order valence-electron chi connectivity index (χ3n) is 4.70. The van der Waals surface area contributed by atoms with Crippen molar-refractivity contribution in [1.82, 2.24) is 9.47 Å². The third kappa shape index (κ3) is 6.11. The quantitative estimate of drug-likeness (QED) is 0.555. The van der Waals surface area contributed by atoms with Crippen LogP contribution >= 0.6 is 11.6 Å². The Morgan fingerprint density at radius 1 is 1.10 bits per heavy atom. The Hall–Kier alpha value is -2.76. The number of hydrogen-bond donors (Lipinski definition) is 1. The molecule has 3 aromatic rings.